The van der Waals surface area contributed by atoms with E-state index >= 15 is 0 Å². The van der Waals surface area contributed by atoms with Gasteiger partial charge in [-0.1, -0.05) is 13.8 Å². The lowest BCUT2D eigenvalue weighted by Gasteiger charge is -2.16. The zero-order chi connectivity index (χ0) is 8.15. The van der Waals surface area contributed by atoms with Crippen molar-refractivity contribution in [2.24, 2.45) is 11.8 Å². The minimum absolute atomic E-state index is 0.147. The van der Waals surface area contributed by atoms with Gasteiger partial charge in [0.25, 0.3) is 5.91 Å². The second-order valence-corrected chi connectivity index (χ2v) is 2.41. The van der Waals surface area contributed by atoms with Crippen molar-refractivity contribution in [1.29, 1.82) is 0 Å². The van der Waals surface area contributed by atoms with Crippen LogP contribution in [0.1, 0.15) is 13.8 Å². The van der Waals surface area contributed by atoms with Crippen molar-refractivity contribution in [1.82, 2.24) is 5.43 Å². The van der Waals surface area contributed by atoms with Crippen LogP contribution < -0.4 is 11.3 Å². The minimum atomic E-state index is -0.440. The van der Waals surface area contributed by atoms with Crippen LogP contribution in [0.5, 0.6) is 0 Å². The molecule has 0 saturated carbocycles. The van der Waals surface area contributed by atoms with Gasteiger partial charge in [0.2, 0.25) is 0 Å². The summed E-state index contributed by atoms with van der Waals surface area (Å²) in [5.41, 5.74) is 2.03. The minimum Gasteiger partial charge on any atom is -0.371 e. The number of methoxy groups -OCH3 is 1. The molecule has 0 aromatic carbocycles. The largest absolute Gasteiger partial charge is 0.371 e. The van der Waals surface area contributed by atoms with E-state index in [4.69, 9.17) is 10.6 Å². The highest BCUT2D eigenvalue weighted by Crippen LogP contribution is 2.04. The Morgan fingerprint density at radius 2 is 2.10 bits per heavy atom. The SMILES string of the molecule is CO[C@@H](C(=O)NN)C(C)C. The standard InChI is InChI=1S/C6H14N2O2/c1-4(2)5(10-3)6(9)8-7/h4-5H,7H2,1-3H3,(H,8,9)/t5-/m1/s1. The van der Waals surface area contributed by atoms with Crippen LogP contribution in [0.2, 0.25) is 0 Å². The van der Waals surface area contributed by atoms with E-state index in [-0.39, 0.29) is 11.8 Å². The smallest absolute Gasteiger partial charge is 0.263 e. The lowest BCUT2D eigenvalue weighted by Crippen LogP contribution is -2.42. The first-order chi connectivity index (χ1) is 4.63. The number of amides is 1. The predicted octanol–water partition coefficient (Wildman–Crippen LogP) is -0.353. The number of hydrazine groups is 1. The van der Waals surface area contributed by atoms with Crippen LogP contribution in [0.15, 0.2) is 0 Å². The molecule has 1 amide bonds. The van der Waals surface area contributed by atoms with Crippen LogP contribution in [0.4, 0.5) is 0 Å². The number of nitrogens with one attached hydrogen (secondary N) is 1. The molecule has 0 bridgehead atoms. The normalized spacial score (nSPS) is 13.3. The van der Waals surface area contributed by atoms with Crippen LogP contribution in [0.25, 0.3) is 0 Å². The summed E-state index contributed by atoms with van der Waals surface area (Å²) in [5, 5.41) is 0. The van der Waals surface area contributed by atoms with Gasteiger partial charge in [0.05, 0.1) is 0 Å². The van der Waals surface area contributed by atoms with Crippen LogP contribution in [-0.2, 0) is 9.53 Å². The van der Waals surface area contributed by atoms with E-state index in [1.54, 1.807) is 0 Å². The molecule has 0 spiro atoms. The van der Waals surface area contributed by atoms with Crippen molar-refractivity contribution < 1.29 is 9.53 Å². The van der Waals surface area contributed by atoms with Crippen LogP contribution >= 0.6 is 0 Å². The topological polar surface area (TPSA) is 64.3 Å². The molecule has 0 aliphatic heterocycles. The second-order valence-electron chi connectivity index (χ2n) is 2.41. The quantitative estimate of drug-likeness (QED) is 0.325. The number of carbonyl (C=O) groups excluding carboxylic acids is 1. The van der Waals surface area contributed by atoms with E-state index in [9.17, 15) is 4.79 Å². The van der Waals surface area contributed by atoms with E-state index in [0.717, 1.165) is 0 Å². The zero-order valence-electron chi connectivity index (χ0n) is 6.55. The Labute approximate surface area is 60.7 Å². The summed E-state index contributed by atoms with van der Waals surface area (Å²) in [7, 11) is 1.49. The summed E-state index contributed by atoms with van der Waals surface area (Å²) in [5.74, 6) is 4.77. The van der Waals surface area contributed by atoms with Gasteiger partial charge >= 0.3 is 0 Å². The number of ether oxygens (including phenoxy) is 1. The number of hydrogen-bond acceptors (Lipinski definition) is 3. The Balaban J connectivity index is 3.93. The Bertz CT molecular complexity index is 114. The molecule has 3 N–H and O–H groups in total. The molecule has 0 rings (SSSR count). The van der Waals surface area contributed by atoms with Gasteiger partial charge in [-0.25, -0.2) is 5.84 Å². The van der Waals surface area contributed by atoms with Gasteiger partial charge in [-0.05, 0) is 5.92 Å². The molecule has 0 heterocycles. The third kappa shape index (κ3) is 2.33. The van der Waals surface area contributed by atoms with E-state index in [2.05, 4.69) is 0 Å². The maximum absolute atomic E-state index is 10.8. The molecule has 0 fully saturated rings. The summed E-state index contributed by atoms with van der Waals surface area (Å²) < 4.78 is 4.87. The average molecular weight is 146 g/mol. The fraction of sp³-hybridized carbons (Fsp3) is 0.833. The number of carbonyl (C=O) groups is 1. The Hall–Kier alpha value is -0.610. The van der Waals surface area contributed by atoms with Gasteiger partial charge in [0.15, 0.2) is 0 Å². The van der Waals surface area contributed by atoms with E-state index in [1.807, 2.05) is 19.3 Å². The van der Waals surface area contributed by atoms with Gasteiger partial charge in [0, 0.05) is 7.11 Å². The molecule has 0 aromatic heterocycles. The summed E-state index contributed by atoms with van der Waals surface area (Å²) >= 11 is 0. The van der Waals surface area contributed by atoms with Gasteiger partial charge < -0.3 is 4.74 Å². The number of nitrogens with two attached hydrogens (primary N) is 1. The third-order valence-electron chi connectivity index (χ3n) is 1.26. The molecule has 0 aliphatic rings. The highest BCUT2D eigenvalue weighted by atomic mass is 16.5. The molecule has 4 heteroatoms. The van der Waals surface area contributed by atoms with Gasteiger partial charge in [-0.15, -0.1) is 0 Å². The first-order valence-electron chi connectivity index (χ1n) is 3.16. The highest BCUT2D eigenvalue weighted by Gasteiger charge is 2.19. The summed E-state index contributed by atoms with van der Waals surface area (Å²) in [6.45, 7) is 3.78. The Kier molecular flexibility index (Phi) is 3.99. The predicted molar refractivity (Wildman–Crippen MR) is 38.0 cm³/mol. The fourth-order valence-electron chi connectivity index (χ4n) is 0.764. The molecule has 60 valence electrons. The first kappa shape index (κ1) is 9.39. The average Bonchev–Trinajstić information content (AvgIpc) is 1.88. The van der Waals surface area contributed by atoms with Gasteiger partial charge in [-0.2, -0.15) is 0 Å². The molecule has 0 aromatic rings. The lowest BCUT2D eigenvalue weighted by atomic mass is 10.1. The summed E-state index contributed by atoms with van der Waals surface area (Å²) in [4.78, 5) is 10.8. The molecular formula is C6H14N2O2. The van der Waals surface area contributed by atoms with Crippen molar-refractivity contribution in [3.63, 3.8) is 0 Å². The molecule has 0 saturated heterocycles. The lowest BCUT2D eigenvalue weighted by molar-refractivity contribution is -0.133. The maximum atomic E-state index is 10.8. The van der Waals surface area contributed by atoms with E-state index < -0.39 is 6.10 Å². The molecule has 1 atom stereocenters. The Morgan fingerprint density at radius 3 is 2.20 bits per heavy atom. The molecule has 0 aliphatic carbocycles. The third-order valence-corrected chi connectivity index (χ3v) is 1.26. The van der Waals surface area contributed by atoms with Crippen molar-refractivity contribution in [2.45, 2.75) is 20.0 Å². The van der Waals surface area contributed by atoms with Crippen molar-refractivity contribution in [3.8, 4) is 0 Å². The molecule has 0 radical (unpaired) electrons. The molecule has 4 nitrogen and oxygen atoms in total. The van der Waals surface area contributed by atoms with Crippen LogP contribution in [-0.4, -0.2) is 19.1 Å². The molecule has 10 heavy (non-hydrogen) atoms. The summed E-state index contributed by atoms with van der Waals surface area (Å²) in [6, 6.07) is 0. The first-order valence-corrected chi connectivity index (χ1v) is 3.16. The molecular weight excluding hydrogens is 132 g/mol. The van der Waals surface area contributed by atoms with Crippen molar-refractivity contribution in [3.05, 3.63) is 0 Å². The second kappa shape index (κ2) is 4.24. The monoisotopic (exact) mass is 146 g/mol. The summed E-state index contributed by atoms with van der Waals surface area (Å²) in [6.07, 6.45) is -0.440. The molecule has 0 unspecified atom stereocenters. The zero-order valence-corrected chi connectivity index (χ0v) is 6.55. The van der Waals surface area contributed by atoms with Crippen molar-refractivity contribution in [2.75, 3.05) is 7.11 Å². The van der Waals surface area contributed by atoms with Crippen LogP contribution in [0.3, 0.4) is 0 Å². The van der Waals surface area contributed by atoms with Gasteiger partial charge in [-0.3, -0.25) is 10.2 Å². The number of hydrogen-bond donors (Lipinski definition) is 2. The van der Waals surface area contributed by atoms with Gasteiger partial charge in [0.1, 0.15) is 6.10 Å². The van der Waals surface area contributed by atoms with Crippen LogP contribution in [0, 0.1) is 5.92 Å². The fourth-order valence-corrected chi connectivity index (χ4v) is 0.764. The van der Waals surface area contributed by atoms with E-state index in [1.165, 1.54) is 7.11 Å². The van der Waals surface area contributed by atoms with E-state index in [0.29, 0.717) is 0 Å². The number of rotatable bonds is 3. The Morgan fingerprint density at radius 1 is 1.60 bits per heavy atom. The highest BCUT2D eigenvalue weighted by molar-refractivity contribution is 5.80. The van der Waals surface area contributed by atoms with Crippen molar-refractivity contribution >= 4 is 5.91 Å². The maximum Gasteiger partial charge on any atom is 0.263 e.